The highest BCUT2D eigenvalue weighted by molar-refractivity contribution is 5.92. The molecule has 0 saturated heterocycles. The molecule has 0 radical (unpaired) electrons. The summed E-state index contributed by atoms with van der Waals surface area (Å²) in [5.41, 5.74) is -0.973. The van der Waals surface area contributed by atoms with Gasteiger partial charge in [0.2, 0.25) is 0 Å². The predicted octanol–water partition coefficient (Wildman–Crippen LogP) is 3.10. The van der Waals surface area contributed by atoms with Crippen molar-refractivity contribution in [2.24, 2.45) is 0 Å². The first-order chi connectivity index (χ1) is 13.4. The summed E-state index contributed by atoms with van der Waals surface area (Å²) < 4.78 is 18.9. The average Bonchev–Trinajstić information content (AvgIpc) is 2.67. The van der Waals surface area contributed by atoms with Gasteiger partial charge in [-0.1, -0.05) is 42.2 Å². The first-order valence-corrected chi connectivity index (χ1v) is 8.03. The summed E-state index contributed by atoms with van der Waals surface area (Å²) in [5, 5.41) is 22.3. The van der Waals surface area contributed by atoms with Crippen LogP contribution in [0.3, 0.4) is 0 Å². The van der Waals surface area contributed by atoms with E-state index in [9.17, 15) is 24.1 Å². The Labute approximate surface area is 159 Å². The minimum atomic E-state index is -1.61. The lowest BCUT2D eigenvalue weighted by Crippen LogP contribution is -2.24. The molecule has 2 aromatic carbocycles. The van der Waals surface area contributed by atoms with Crippen LogP contribution in [0.5, 0.6) is 0 Å². The molecule has 0 spiro atoms. The van der Waals surface area contributed by atoms with Crippen LogP contribution in [0.1, 0.15) is 27.9 Å². The van der Waals surface area contributed by atoms with E-state index in [-0.39, 0.29) is 25.1 Å². The molecule has 8 nitrogen and oxygen atoms in total. The highest BCUT2D eigenvalue weighted by Gasteiger charge is 2.22. The number of nitrogens with zero attached hydrogens (tertiary/aromatic N) is 1. The van der Waals surface area contributed by atoms with Gasteiger partial charge in [0.05, 0.1) is 10.5 Å². The Morgan fingerprint density at radius 1 is 1.25 bits per heavy atom. The zero-order valence-electron chi connectivity index (χ0n) is 14.5. The van der Waals surface area contributed by atoms with Crippen molar-refractivity contribution in [2.75, 3.05) is 6.54 Å². The number of amides is 1. The summed E-state index contributed by atoms with van der Waals surface area (Å²) in [5.74, 6) is 2.36. The fourth-order valence-corrected chi connectivity index (χ4v) is 2.14. The first-order valence-electron chi connectivity index (χ1n) is 8.03. The number of benzene rings is 2. The third-order valence-corrected chi connectivity index (χ3v) is 3.47. The molecular weight excluding hydrogens is 371 g/mol. The number of ether oxygens (including phenoxy) is 1. The van der Waals surface area contributed by atoms with Gasteiger partial charge in [0.15, 0.2) is 0 Å². The van der Waals surface area contributed by atoms with Gasteiger partial charge in [0, 0.05) is 19.0 Å². The summed E-state index contributed by atoms with van der Waals surface area (Å²) >= 11 is 0. The monoisotopic (exact) mass is 386 g/mol. The molecule has 0 aliphatic heterocycles. The second-order valence-electron chi connectivity index (χ2n) is 5.45. The van der Waals surface area contributed by atoms with Crippen LogP contribution in [0.2, 0.25) is 0 Å². The summed E-state index contributed by atoms with van der Waals surface area (Å²) in [4.78, 5) is 32.5. The standard InChI is InChI=1S/C19H15FN2O6/c20-16-11-15(18(23)24)17(22(26)27)10-14(16)8-4-5-9-21-19(25)28-12-13-6-2-1-3-7-13/h1-3,6-7,10-11H,5,9,12H2,(H,21,25)(H,23,24). The number of nitrogens with one attached hydrogen (secondary N) is 1. The van der Waals surface area contributed by atoms with Gasteiger partial charge in [-0.15, -0.1) is 0 Å². The largest absolute Gasteiger partial charge is 0.477 e. The number of aromatic carboxylic acids is 1. The van der Waals surface area contributed by atoms with Crippen LogP contribution < -0.4 is 5.32 Å². The van der Waals surface area contributed by atoms with Crippen molar-refractivity contribution < 1.29 is 28.7 Å². The Balaban J connectivity index is 1.88. The zero-order chi connectivity index (χ0) is 20.5. The molecule has 28 heavy (non-hydrogen) atoms. The fourth-order valence-electron chi connectivity index (χ4n) is 2.14. The van der Waals surface area contributed by atoms with Gasteiger partial charge >= 0.3 is 12.1 Å². The SMILES string of the molecule is O=C(NCCC#Cc1cc([N+](=O)[O-])c(C(=O)O)cc1F)OCc1ccccc1. The summed E-state index contributed by atoms with van der Waals surface area (Å²) in [6.45, 7) is 0.237. The number of carboxylic acid groups (broad SMARTS) is 1. The van der Waals surface area contributed by atoms with E-state index in [1.807, 2.05) is 30.3 Å². The molecule has 0 heterocycles. The normalized spacial score (nSPS) is 9.75. The number of hydrogen-bond donors (Lipinski definition) is 2. The second-order valence-corrected chi connectivity index (χ2v) is 5.45. The number of alkyl carbamates (subject to hydrolysis) is 1. The minimum absolute atomic E-state index is 0.114. The number of carbonyl (C=O) groups excluding carboxylic acids is 1. The number of carboxylic acids is 1. The maximum absolute atomic E-state index is 13.9. The maximum atomic E-state index is 13.9. The highest BCUT2D eigenvalue weighted by Crippen LogP contribution is 2.22. The molecule has 0 saturated carbocycles. The Hall–Kier alpha value is -3.93. The van der Waals surface area contributed by atoms with E-state index in [0.29, 0.717) is 6.07 Å². The first kappa shape index (κ1) is 20.4. The van der Waals surface area contributed by atoms with Gasteiger partial charge in [0.25, 0.3) is 5.69 Å². The van der Waals surface area contributed by atoms with Crippen LogP contribution in [0.25, 0.3) is 0 Å². The lowest BCUT2D eigenvalue weighted by Gasteiger charge is -2.05. The lowest BCUT2D eigenvalue weighted by molar-refractivity contribution is -0.385. The van der Waals surface area contributed by atoms with E-state index in [1.165, 1.54) is 0 Å². The van der Waals surface area contributed by atoms with Crippen molar-refractivity contribution >= 4 is 17.7 Å². The molecule has 0 atom stereocenters. The predicted molar refractivity (Wildman–Crippen MR) is 96.1 cm³/mol. The molecule has 0 aliphatic carbocycles. The van der Waals surface area contributed by atoms with Crippen LogP contribution in [0, 0.1) is 27.8 Å². The molecule has 0 bridgehead atoms. The van der Waals surface area contributed by atoms with Crippen molar-refractivity contribution in [2.45, 2.75) is 13.0 Å². The van der Waals surface area contributed by atoms with Gasteiger partial charge in [-0.05, 0) is 11.6 Å². The Kier molecular flexibility index (Phi) is 7.05. The lowest BCUT2D eigenvalue weighted by atomic mass is 10.1. The van der Waals surface area contributed by atoms with Crippen molar-refractivity contribution in [3.8, 4) is 11.8 Å². The molecule has 2 N–H and O–H groups in total. The number of hydrogen-bond acceptors (Lipinski definition) is 5. The summed E-state index contributed by atoms with van der Waals surface area (Å²) in [7, 11) is 0. The van der Waals surface area contributed by atoms with E-state index in [0.717, 1.165) is 11.6 Å². The number of nitro benzene ring substituents is 1. The van der Waals surface area contributed by atoms with Crippen LogP contribution in [-0.4, -0.2) is 28.6 Å². The van der Waals surface area contributed by atoms with Gasteiger partial charge in [-0.3, -0.25) is 10.1 Å². The van der Waals surface area contributed by atoms with Gasteiger partial charge in [0.1, 0.15) is 18.0 Å². The third kappa shape index (κ3) is 5.81. The molecule has 0 aliphatic rings. The Morgan fingerprint density at radius 2 is 1.96 bits per heavy atom. The molecule has 0 unspecified atom stereocenters. The van der Waals surface area contributed by atoms with Crippen LogP contribution in [-0.2, 0) is 11.3 Å². The number of nitro groups is 1. The molecule has 1 amide bonds. The average molecular weight is 386 g/mol. The van der Waals surface area contributed by atoms with Crippen LogP contribution >= 0.6 is 0 Å². The van der Waals surface area contributed by atoms with E-state index in [4.69, 9.17) is 9.84 Å². The van der Waals surface area contributed by atoms with E-state index in [1.54, 1.807) is 0 Å². The molecular formula is C19H15FN2O6. The Bertz CT molecular complexity index is 950. The maximum Gasteiger partial charge on any atom is 0.407 e. The molecule has 0 aromatic heterocycles. The number of halogens is 1. The van der Waals surface area contributed by atoms with Gasteiger partial charge in [-0.25, -0.2) is 14.0 Å². The molecule has 0 fully saturated rings. The number of rotatable bonds is 6. The quantitative estimate of drug-likeness (QED) is 0.341. The van der Waals surface area contributed by atoms with E-state index < -0.39 is 34.1 Å². The van der Waals surface area contributed by atoms with Gasteiger partial charge in [-0.2, -0.15) is 0 Å². The van der Waals surface area contributed by atoms with Gasteiger partial charge < -0.3 is 15.2 Å². The fraction of sp³-hybridized carbons (Fsp3) is 0.158. The van der Waals surface area contributed by atoms with Crippen molar-refractivity contribution in [3.05, 3.63) is 75.1 Å². The van der Waals surface area contributed by atoms with Crippen LogP contribution in [0.15, 0.2) is 42.5 Å². The van der Waals surface area contributed by atoms with Crippen molar-refractivity contribution in [1.29, 1.82) is 0 Å². The summed E-state index contributed by atoms with van der Waals surface area (Å²) in [6, 6.07) is 10.4. The minimum Gasteiger partial charge on any atom is -0.477 e. The highest BCUT2D eigenvalue weighted by atomic mass is 19.1. The third-order valence-electron chi connectivity index (χ3n) is 3.47. The topological polar surface area (TPSA) is 119 Å². The molecule has 2 aromatic rings. The second kappa shape index (κ2) is 9.68. The Morgan fingerprint density at radius 3 is 2.61 bits per heavy atom. The molecule has 2 rings (SSSR count). The number of carbonyl (C=O) groups is 2. The van der Waals surface area contributed by atoms with E-state index in [2.05, 4.69) is 17.2 Å². The van der Waals surface area contributed by atoms with Crippen LogP contribution in [0.4, 0.5) is 14.9 Å². The van der Waals surface area contributed by atoms with Crippen molar-refractivity contribution in [1.82, 2.24) is 5.32 Å². The van der Waals surface area contributed by atoms with Crippen molar-refractivity contribution in [3.63, 3.8) is 0 Å². The smallest absolute Gasteiger partial charge is 0.407 e. The van der Waals surface area contributed by atoms with E-state index >= 15 is 0 Å². The summed E-state index contributed by atoms with van der Waals surface area (Å²) in [6.07, 6.45) is -0.507. The molecule has 144 valence electrons. The zero-order valence-corrected chi connectivity index (χ0v) is 14.5. The molecule has 9 heteroatoms.